The van der Waals surface area contributed by atoms with Crippen molar-refractivity contribution in [1.82, 2.24) is 4.98 Å². The first-order valence-electron chi connectivity index (χ1n) is 6.45. The summed E-state index contributed by atoms with van der Waals surface area (Å²) in [5.74, 6) is 0. The number of aliphatic hydroxyl groups is 1. The van der Waals surface area contributed by atoms with Crippen LogP contribution in [0.3, 0.4) is 0 Å². The summed E-state index contributed by atoms with van der Waals surface area (Å²) < 4.78 is 0. The van der Waals surface area contributed by atoms with Crippen LogP contribution in [0.2, 0.25) is 0 Å². The Morgan fingerprint density at radius 3 is 2.78 bits per heavy atom. The normalized spacial score (nSPS) is 34.9. The largest absolute Gasteiger partial charge is 0.383 e. The third-order valence-electron chi connectivity index (χ3n) is 3.94. The topological polar surface area (TPSA) is 56.9 Å². The Balaban J connectivity index is 1.97. The Labute approximate surface area is 111 Å². The molecule has 94 valence electrons. The lowest BCUT2D eigenvalue weighted by atomic mass is 9.81. The molecule has 0 saturated carbocycles. The molecule has 2 atom stereocenters. The van der Waals surface area contributed by atoms with Gasteiger partial charge in [0.2, 0.25) is 0 Å². The van der Waals surface area contributed by atoms with Gasteiger partial charge in [-0.2, -0.15) is 17.0 Å². The van der Waals surface area contributed by atoms with Gasteiger partial charge < -0.3 is 5.11 Å². The minimum absolute atomic E-state index is 0.518. The van der Waals surface area contributed by atoms with E-state index in [0.29, 0.717) is 21.8 Å². The van der Waals surface area contributed by atoms with Crippen molar-refractivity contribution in [3.05, 3.63) is 29.6 Å². The van der Waals surface area contributed by atoms with E-state index in [1.165, 1.54) is 19.3 Å². The second-order valence-electron chi connectivity index (χ2n) is 5.26. The number of fused-ring (bicyclic) bond motifs is 2. The molecule has 2 aliphatic heterocycles. The van der Waals surface area contributed by atoms with Crippen molar-refractivity contribution in [2.24, 2.45) is 0 Å². The Morgan fingerprint density at radius 2 is 2.11 bits per heavy atom. The monoisotopic (exact) mass is 260 g/mol. The molecule has 18 heavy (non-hydrogen) atoms. The maximum atomic E-state index is 10.9. The van der Waals surface area contributed by atoms with Crippen LogP contribution in [-0.4, -0.2) is 20.6 Å². The first kappa shape index (κ1) is 12.0. The average Bonchev–Trinajstić information content (AvgIpc) is 2.38. The summed E-state index contributed by atoms with van der Waals surface area (Å²) in [7, 11) is 0. The highest BCUT2D eigenvalue weighted by Gasteiger charge is 2.44. The van der Waals surface area contributed by atoms with E-state index in [4.69, 9.17) is 5.26 Å². The van der Waals surface area contributed by atoms with E-state index < -0.39 is 5.60 Å². The highest BCUT2D eigenvalue weighted by atomic mass is 32.2. The van der Waals surface area contributed by atoms with E-state index in [-0.39, 0.29) is 0 Å². The van der Waals surface area contributed by atoms with Crippen molar-refractivity contribution in [3.8, 4) is 6.07 Å². The molecular weight excluding hydrogens is 244 g/mol. The number of hydrogen-bond donors (Lipinski definition) is 1. The second-order valence-corrected chi connectivity index (χ2v) is 6.87. The molecule has 1 aromatic heterocycles. The van der Waals surface area contributed by atoms with Crippen molar-refractivity contribution < 1.29 is 5.11 Å². The lowest BCUT2D eigenvalue weighted by Crippen LogP contribution is -2.41. The van der Waals surface area contributed by atoms with Gasteiger partial charge in [0.25, 0.3) is 0 Å². The molecule has 0 spiro atoms. The molecule has 3 rings (SSSR count). The Bertz CT molecular complexity index is 485. The molecule has 4 heteroatoms. The van der Waals surface area contributed by atoms with Crippen LogP contribution in [-0.2, 0) is 5.60 Å². The van der Waals surface area contributed by atoms with Gasteiger partial charge >= 0.3 is 0 Å². The molecule has 2 fully saturated rings. The third kappa shape index (κ3) is 2.02. The first-order valence-corrected chi connectivity index (χ1v) is 7.39. The summed E-state index contributed by atoms with van der Waals surface area (Å²) >= 11 is 2.01. The summed E-state index contributed by atoms with van der Waals surface area (Å²) in [6, 6.07) is 5.66. The van der Waals surface area contributed by atoms with Crippen LogP contribution >= 0.6 is 11.8 Å². The lowest BCUT2D eigenvalue weighted by Gasteiger charge is -2.43. The van der Waals surface area contributed by atoms with Crippen molar-refractivity contribution in [3.63, 3.8) is 0 Å². The molecule has 0 aliphatic carbocycles. The van der Waals surface area contributed by atoms with Gasteiger partial charge in [-0.1, -0.05) is 6.42 Å². The summed E-state index contributed by atoms with van der Waals surface area (Å²) in [4.78, 5) is 4.29. The van der Waals surface area contributed by atoms with Gasteiger partial charge in [-0.15, -0.1) is 0 Å². The number of hydrogen-bond acceptors (Lipinski definition) is 4. The minimum Gasteiger partial charge on any atom is -0.383 e. The number of aromatic nitrogens is 1. The van der Waals surface area contributed by atoms with E-state index in [2.05, 4.69) is 11.1 Å². The molecule has 3 nitrogen and oxygen atoms in total. The van der Waals surface area contributed by atoms with Crippen LogP contribution in [0.15, 0.2) is 18.3 Å². The van der Waals surface area contributed by atoms with E-state index in [1.54, 1.807) is 18.3 Å². The van der Waals surface area contributed by atoms with Crippen LogP contribution in [0.5, 0.6) is 0 Å². The SMILES string of the molecule is N#Cc1cccnc1C1(O)CC2CCCC(C1)S2. The molecule has 2 saturated heterocycles. The molecule has 2 aliphatic rings. The molecule has 0 radical (unpaired) electrons. The maximum Gasteiger partial charge on any atom is 0.110 e. The summed E-state index contributed by atoms with van der Waals surface area (Å²) in [6.07, 6.45) is 6.77. The smallest absolute Gasteiger partial charge is 0.110 e. The molecule has 0 aromatic carbocycles. The predicted octanol–water partition coefficient (Wildman–Crippen LogP) is 2.59. The van der Waals surface area contributed by atoms with Crippen LogP contribution in [0, 0.1) is 11.3 Å². The number of rotatable bonds is 1. The lowest BCUT2D eigenvalue weighted by molar-refractivity contribution is 0.00379. The van der Waals surface area contributed by atoms with Gasteiger partial charge in [0, 0.05) is 16.7 Å². The summed E-state index contributed by atoms with van der Waals surface area (Å²) in [6.45, 7) is 0. The zero-order valence-corrected chi connectivity index (χ0v) is 11.0. The highest BCUT2D eigenvalue weighted by molar-refractivity contribution is 8.00. The van der Waals surface area contributed by atoms with Gasteiger partial charge in [0.1, 0.15) is 11.7 Å². The maximum absolute atomic E-state index is 10.9. The standard InChI is InChI=1S/C14H16N2OS/c15-9-10-3-2-6-16-13(10)14(17)7-11-4-1-5-12(8-14)18-11/h2-3,6,11-12,17H,1,4-5,7-8H2. The molecule has 2 bridgehead atoms. The fourth-order valence-corrected chi connectivity index (χ4v) is 5.07. The molecule has 0 amide bonds. The fraction of sp³-hybridized carbons (Fsp3) is 0.571. The van der Waals surface area contributed by atoms with Crippen LogP contribution in [0.25, 0.3) is 0 Å². The quantitative estimate of drug-likeness (QED) is 0.843. The fourth-order valence-electron chi connectivity index (χ4n) is 3.18. The van der Waals surface area contributed by atoms with Gasteiger partial charge in [-0.3, -0.25) is 4.98 Å². The van der Waals surface area contributed by atoms with Gasteiger partial charge in [-0.25, -0.2) is 0 Å². The Hall–Kier alpha value is -1.05. The molecular formula is C14H16N2OS. The van der Waals surface area contributed by atoms with E-state index in [9.17, 15) is 5.11 Å². The number of thioether (sulfide) groups is 1. The van der Waals surface area contributed by atoms with Crippen molar-refractivity contribution >= 4 is 11.8 Å². The van der Waals surface area contributed by atoms with Crippen LogP contribution in [0.1, 0.15) is 43.4 Å². The van der Waals surface area contributed by atoms with Crippen LogP contribution in [0.4, 0.5) is 0 Å². The highest BCUT2D eigenvalue weighted by Crippen LogP contribution is 2.49. The molecule has 3 heterocycles. The van der Waals surface area contributed by atoms with E-state index in [1.807, 2.05) is 11.8 Å². The Kier molecular flexibility index (Phi) is 3.04. The summed E-state index contributed by atoms with van der Waals surface area (Å²) in [5, 5.41) is 21.1. The van der Waals surface area contributed by atoms with E-state index in [0.717, 1.165) is 12.8 Å². The Morgan fingerprint density at radius 1 is 1.39 bits per heavy atom. The predicted molar refractivity (Wildman–Crippen MR) is 71.1 cm³/mol. The number of nitriles is 1. The molecule has 1 aromatic rings. The van der Waals surface area contributed by atoms with Crippen LogP contribution < -0.4 is 0 Å². The summed E-state index contributed by atoms with van der Waals surface area (Å²) in [5.41, 5.74) is 0.211. The number of nitrogens with zero attached hydrogens (tertiary/aromatic N) is 2. The van der Waals surface area contributed by atoms with Gasteiger partial charge in [0.15, 0.2) is 0 Å². The average molecular weight is 260 g/mol. The van der Waals surface area contributed by atoms with Crippen molar-refractivity contribution in [2.75, 3.05) is 0 Å². The zero-order chi connectivity index (χ0) is 12.6. The van der Waals surface area contributed by atoms with Crippen molar-refractivity contribution in [1.29, 1.82) is 5.26 Å². The molecule has 2 unspecified atom stereocenters. The van der Waals surface area contributed by atoms with E-state index >= 15 is 0 Å². The first-order chi connectivity index (χ1) is 8.71. The van der Waals surface area contributed by atoms with Gasteiger partial charge in [0.05, 0.1) is 11.3 Å². The van der Waals surface area contributed by atoms with Gasteiger partial charge in [-0.05, 0) is 37.8 Å². The molecule has 1 N–H and O–H groups in total. The second kappa shape index (κ2) is 4.56. The minimum atomic E-state index is -0.896. The third-order valence-corrected chi connectivity index (χ3v) is 5.51. The van der Waals surface area contributed by atoms with Crippen molar-refractivity contribution in [2.45, 2.75) is 48.2 Å². The zero-order valence-electron chi connectivity index (χ0n) is 10.2. The number of pyridine rings is 1.